The van der Waals surface area contributed by atoms with E-state index in [4.69, 9.17) is 9.47 Å². The maximum atomic E-state index is 12.6. The average Bonchev–Trinajstić information content (AvgIpc) is 2.75. The van der Waals surface area contributed by atoms with E-state index in [-0.39, 0.29) is 23.8 Å². The second-order valence-electron chi connectivity index (χ2n) is 7.00. The van der Waals surface area contributed by atoms with Gasteiger partial charge in [0.1, 0.15) is 11.5 Å². The van der Waals surface area contributed by atoms with Gasteiger partial charge in [0.05, 0.1) is 31.5 Å². The van der Waals surface area contributed by atoms with Crippen LogP contribution in [0.4, 0.5) is 13.2 Å². The first-order valence-corrected chi connectivity index (χ1v) is 9.51. The third-order valence-corrected chi connectivity index (χ3v) is 4.57. The number of hydrogen-bond acceptors (Lipinski definition) is 6. The van der Waals surface area contributed by atoms with E-state index in [0.29, 0.717) is 17.1 Å². The SMILES string of the molecule is COc1cnc(Oc2ccc(CC(=O)CC(=O)c3ccc(C(F)(F)F)cc3)cc2C)nc1. The van der Waals surface area contributed by atoms with Crippen LogP contribution < -0.4 is 9.47 Å². The molecule has 1 heterocycles. The maximum absolute atomic E-state index is 12.6. The number of methoxy groups -OCH3 is 1. The summed E-state index contributed by atoms with van der Waals surface area (Å²) in [5.74, 6) is 0.125. The van der Waals surface area contributed by atoms with Gasteiger partial charge in [-0.2, -0.15) is 23.1 Å². The van der Waals surface area contributed by atoms with Crippen molar-refractivity contribution in [2.45, 2.75) is 25.9 Å². The van der Waals surface area contributed by atoms with Crippen molar-refractivity contribution in [3.05, 3.63) is 77.1 Å². The molecule has 0 aliphatic rings. The lowest BCUT2D eigenvalue weighted by molar-refractivity contribution is -0.137. The molecule has 3 rings (SSSR count). The summed E-state index contributed by atoms with van der Waals surface area (Å²) in [6.45, 7) is 1.79. The molecule has 0 atom stereocenters. The van der Waals surface area contributed by atoms with Crippen molar-refractivity contribution >= 4 is 11.6 Å². The van der Waals surface area contributed by atoms with E-state index < -0.39 is 23.9 Å². The molecule has 2 aromatic carbocycles. The Morgan fingerprint density at radius 2 is 1.66 bits per heavy atom. The first-order valence-electron chi connectivity index (χ1n) is 9.51. The number of aryl methyl sites for hydroxylation is 1. The zero-order chi connectivity index (χ0) is 23.3. The molecule has 0 unspecified atom stereocenters. The highest BCUT2D eigenvalue weighted by Gasteiger charge is 2.30. The Kier molecular flexibility index (Phi) is 6.87. The molecule has 6 nitrogen and oxygen atoms in total. The molecule has 0 aliphatic heterocycles. The monoisotopic (exact) mass is 444 g/mol. The highest BCUT2D eigenvalue weighted by molar-refractivity contribution is 6.08. The van der Waals surface area contributed by atoms with Crippen molar-refractivity contribution in [3.63, 3.8) is 0 Å². The predicted molar refractivity (Wildman–Crippen MR) is 109 cm³/mol. The molecule has 0 bridgehead atoms. The number of aromatic nitrogens is 2. The summed E-state index contributed by atoms with van der Waals surface area (Å²) in [6.07, 6.45) is -1.93. The van der Waals surface area contributed by atoms with Crippen molar-refractivity contribution < 1.29 is 32.2 Å². The Hall–Kier alpha value is -3.75. The van der Waals surface area contributed by atoms with Gasteiger partial charge in [0.25, 0.3) is 0 Å². The van der Waals surface area contributed by atoms with Gasteiger partial charge in [-0.3, -0.25) is 9.59 Å². The molecule has 0 saturated heterocycles. The number of halogens is 3. The van der Waals surface area contributed by atoms with E-state index in [1.54, 1.807) is 25.1 Å². The van der Waals surface area contributed by atoms with Crippen molar-refractivity contribution in [1.29, 1.82) is 0 Å². The molecule has 9 heteroatoms. The Labute approximate surface area is 182 Å². The van der Waals surface area contributed by atoms with E-state index >= 15 is 0 Å². The molecule has 1 aromatic heterocycles. The molecule has 0 amide bonds. The zero-order valence-corrected chi connectivity index (χ0v) is 17.3. The second-order valence-corrected chi connectivity index (χ2v) is 7.00. The quantitative estimate of drug-likeness (QED) is 0.360. The number of hydrogen-bond donors (Lipinski definition) is 0. The Bertz CT molecular complexity index is 1110. The Morgan fingerprint density at radius 1 is 1.00 bits per heavy atom. The molecule has 166 valence electrons. The van der Waals surface area contributed by atoms with Crippen LogP contribution in [0, 0.1) is 6.92 Å². The molecule has 0 saturated carbocycles. The van der Waals surface area contributed by atoms with E-state index in [1.807, 2.05) is 0 Å². The predicted octanol–water partition coefficient (Wildman–Crippen LogP) is 4.99. The van der Waals surface area contributed by atoms with Gasteiger partial charge in [0, 0.05) is 12.0 Å². The fraction of sp³-hybridized carbons (Fsp3) is 0.217. The molecule has 0 aliphatic carbocycles. The normalized spacial score (nSPS) is 11.2. The molecule has 0 fully saturated rings. The van der Waals surface area contributed by atoms with Crippen LogP contribution in [0.2, 0.25) is 0 Å². The first-order chi connectivity index (χ1) is 15.2. The molecular formula is C23H19F3N2O4. The number of alkyl halides is 3. The Morgan fingerprint density at radius 3 is 2.22 bits per heavy atom. The lowest BCUT2D eigenvalue weighted by Gasteiger charge is -2.09. The third-order valence-electron chi connectivity index (χ3n) is 4.57. The molecule has 3 aromatic rings. The zero-order valence-electron chi connectivity index (χ0n) is 17.3. The topological polar surface area (TPSA) is 78.4 Å². The lowest BCUT2D eigenvalue weighted by atomic mass is 9.99. The van der Waals surface area contributed by atoms with Gasteiger partial charge in [0.2, 0.25) is 0 Å². The molecule has 32 heavy (non-hydrogen) atoms. The highest BCUT2D eigenvalue weighted by Crippen LogP contribution is 2.29. The van der Waals surface area contributed by atoms with Crippen molar-refractivity contribution in [2.75, 3.05) is 7.11 Å². The summed E-state index contributed by atoms with van der Waals surface area (Å²) >= 11 is 0. The fourth-order valence-corrected chi connectivity index (χ4v) is 2.91. The number of ketones is 2. The van der Waals surface area contributed by atoms with Crippen LogP contribution in [0.25, 0.3) is 0 Å². The summed E-state index contributed by atoms with van der Waals surface area (Å²) in [5, 5.41) is 0. The Balaban J connectivity index is 1.59. The molecule has 0 N–H and O–H groups in total. The molecule has 0 radical (unpaired) electrons. The minimum absolute atomic E-state index is 0.00648. The smallest absolute Gasteiger partial charge is 0.416 e. The number of benzene rings is 2. The van der Waals surface area contributed by atoms with Gasteiger partial charge in [-0.05, 0) is 36.2 Å². The van der Waals surface area contributed by atoms with Crippen LogP contribution in [-0.2, 0) is 17.4 Å². The number of ether oxygens (including phenoxy) is 2. The minimum atomic E-state index is -4.48. The minimum Gasteiger partial charge on any atom is -0.494 e. The van der Waals surface area contributed by atoms with Crippen LogP contribution in [0.15, 0.2) is 54.9 Å². The number of Topliss-reactive ketones (excluding diaryl/α,β-unsaturated/α-hetero) is 2. The number of carbonyl (C=O) groups is 2. The van der Waals surface area contributed by atoms with E-state index in [9.17, 15) is 22.8 Å². The number of rotatable bonds is 8. The summed E-state index contributed by atoms with van der Waals surface area (Å²) in [5.41, 5.74) is 0.628. The van der Waals surface area contributed by atoms with Gasteiger partial charge < -0.3 is 9.47 Å². The van der Waals surface area contributed by atoms with Crippen LogP contribution >= 0.6 is 0 Å². The summed E-state index contributed by atoms with van der Waals surface area (Å²) in [7, 11) is 1.50. The fourth-order valence-electron chi connectivity index (χ4n) is 2.91. The van der Waals surface area contributed by atoms with Gasteiger partial charge >= 0.3 is 12.2 Å². The van der Waals surface area contributed by atoms with Crippen LogP contribution in [0.5, 0.6) is 17.5 Å². The second kappa shape index (κ2) is 9.59. The average molecular weight is 444 g/mol. The van der Waals surface area contributed by atoms with E-state index in [1.165, 1.54) is 19.5 Å². The van der Waals surface area contributed by atoms with Crippen molar-refractivity contribution in [2.24, 2.45) is 0 Å². The van der Waals surface area contributed by atoms with Crippen molar-refractivity contribution in [3.8, 4) is 17.5 Å². The van der Waals surface area contributed by atoms with Gasteiger partial charge in [0.15, 0.2) is 11.5 Å². The lowest BCUT2D eigenvalue weighted by Crippen LogP contribution is -2.11. The molecule has 0 spiro atoms. The summed E-state index contributed by atoms with van der Waals surface area (Å²) in [4.78, 5) is 32.6. The number of nitrogens with zero attached hydrogens (tertiary/aromatic N) is 2. The largest absolute Gasteiger partial charge is 0.494 e. The summed E-state index contributed by atoms with van der Waals surface area (Å²) in [6, 6.07) is 9.05. The van der Waals surface area contributed by atoms with Gasteiger partial charge in [-0.15, -0.1) is 0 Å². The first kappa shape index (κ1) is 22.9. The van der Waals surface area contributed by atoms with Crippen LogP contribution in [0.1, 0.15) is 33.5 Å². The van der Waals surface area contributed by atoms with Crippen LogP contribution in [-0.4, -0.2) is 28.6 Å². The maximum Gasteiger partial charge on any atom is 0.416 e. The van der Waals surface area contributed by atoms with Gasteiger partial charge in [-0.25, -0.2) is 0 Å². The van der Waals surface area contributed by atoms with E-state index in [2.05, 4.69) is 9.97 Å². The standard InChI is InChI=1S/C23H19F3N2O4/c1-14-9-15(3-8-21(14)32-22-27-12-19(31-2)13-28-22)10-18(29)11-20(30)16-4-6-17(7-5-16)23(24,25)26/h3-9,12-13H,10-11H2,1-2H3. The van der Waals surface area contributed by atoms with E-state index in [0.717, 1.165) is 29.8 Å². The van der Waals surface area contributed by atoms with Gasteiger partial charge in [-0.1, -0.05) is 24.3 Å². The third kappa shape index (κ3) is 5.90. The highest BCUT2D eigenvalue weighted by atomic mass is 19.4. The summed E-state index contributed by atoms with van der Waals surface area (Å²) < 4.78 is 48.5. The van der Waals surface area contributed by atoms with Crippen LogP contribution in [0.3, 0.4) is 0 Å². The van der Waals surface area contributed by atoms with Crippen molar-refractivity contribution in [1.82, 2.24) is 9.97 Å². The number of carbonyl (C=O) groups excluding carboxylic acids is 2. The molecular weight excluding hydrogens is 425 g/mol.